The Kier molecular flexibility index (Phi) is 7.48. The van der Waals surface area contributed by atoms with E-state index in [1.165, 1.54) is 12.3 Å². The number of oxazole rings is 1. The quantitative estimate of drug-likeness (QED) is 0.495. The van der Waals surface area contributed by atoms with Crippen LogP contribution in [0, 0.1) is 11.6 Å². The van der Waals surface area contributed by atoms with E-state index in [1.54, 1.807) is 12.3 Å². The molecule has 1 amide bonds. The summed E-state index contributed by atoms with van der Waals surface area (Å²) in [5.74, 6) is -0.582. The standard InChI is InChI=1S/C22H23F2N3O3/c1-2-3-11-29-22-15(5-4-10-25-22)13-26-20(28)8-9-21-27-14-19(30-21)17-7-6-16(23)12-18(17)24/h4-7,10,12,14H,2-3,8-9,11,13H2,1H3,(H,26,28). The lowest BCUT2D eigenvalue weighted by atomic mass is 10.2. The predicted molar refractivity (Wildman–Crippen MR) is 107 cm³/mol. The van der Waals surface area contributed by atoms with Crippen LogP contribution in [0.4, 0.5) is 8.78 Å². The van der Waals surface area contributed by atoms with Gasteiger partial charge in [-0.15, -0.1) is 0 Å². The van der Waals surface area contributed by atoms with E-state index < -0.39 is 11.6 Å². The topological polar surface area (TPSA) is 77.2 Å². The number of hydrogen-bond donors (Lipinski definition) is 1. The third-order valence-corrected chi connectivity index (χ3v) is 4.38. The van der Waals surface area contributed by atoms with Crippen molar-refractivity contribution in [3.8, 4) is 17.2 Å². The zero-order valence-corrected chi connectivity index (χ0v) is 16.7. The highest BCUT2D eigenvalue weighted by Gasteiger charge is 2.13. The van der Waals surface area contributed by atoms with Crippen molar-refractivity contribution >= 4 is 5.91 Å². The first kappa shape index (κ1) is 21.4. The van der Waals surface area contributed by atoms with E-state index in [4.69, 9.17) is 9.15 Å². The molecule has 2 aromatic heterocycles. The molecule has 3 rings (SSSR count). The first-order valence-electron chi connectivity index (χ1n) is 9.80. The maximum absolute atomic E-state index is 13.8. The molecule has 0 bridgehead atoms. The second kappa shape index (κ2) is 10.5. The SMILES string of the molecule is CCCCOc1ncccc1CNC(=O)CCc1ncc(-c2ccc(F)cc2F)o1. The smallest absolute Gasteiger partial charge is 0.220 e. The van der Waals surface area contributed by atoms with Crippen molar-refractivity contribution in [3.05, 3.63) is 65.8 Å². The van der Waals surface area contributed by atoms with Gasteiger partial charge < -0.3 is 14.5 Å². The summed E-state index contributed by atoms with van der Waals surface area (Å²) in [6.45, 7) is 2.96. The van der Waals surface area contributed by atoms with Gasteiger partial charge >= 0.3 is 0 Å². The van der Waals surface area contributed by atoms with Gasteiger partial charge in [0.05, 0.1) is 18.4 Å². The van der Waals surface area contributed by atoms with Crippen LogP contribution < -0.4 is 10.1 Å². The van der Waals surface area contributed by atoms with E-state index in [0.29, 0.717) is 24.9 Å². The van der Waals surface area contributed by atoms with Crippen molar-refractivity contribution in [2.75, 3.05) is 6.61 Å². The summed E-state index contributed by atoms with van der Waals surface area (Å²) in [6.07, 6.45) is 5.37. The molecular weight excluding hydrogens is 392 g/mol. The number of halogens is 2. The molecule has 0 saturated carbocycles. The average molecular weight is 415 g/mol. The van der Waals surface area contributed by atoms with Crippen LogP contribution in [0.2, 0.25) is 0 Å². The molecule has 8 heteroatoms. The lowest BCUT2D eigenvalue weighted by Gasteiger charge is -2.10. The second-order valence-corrected chi connectivity index (χ2v) is 6.69. The molecular formula is C22H23F2N3O3. The molecule has 0 aliphatic heterocycles. The molecule has 0 unspecified atom stereocenters. The van der Waals surface area contributed by atoms with Crippen LogP contribution >= 0.6 is 0 Å². The normalized spacial score (nSPS) is 10.8. The van der Waals surface area contributed by atoms with Crippen molar-refractivity contribution in [2.24, 2.45) is 0 Å². The van der Waals surface area contributed by atoms with Crippen LogP contribution in [0.15, 0.2) is 47.1 Å². The fraction of sp³-hybridized carbons (Fsp3) is 0.318. The molecule has 0 spiro atoms. The number of carbonyl (C=O) groups excluding carboxylic acids is 1. The van der Waals surface area contributed by atoms with Gasteiger partial charge in [0, 0.05) is 37.2 Å². The largest absolute Gasteiger partial charge is 0.477 e. The van der Waals surface area contributed by atoms with E-state index in [1.807, 2.05) is 6.07 Å². The van der Waals surface area contributed by atoms with Gasteiger partial charge in [-0.1, -0.05) is 19.4 Å². The second-order valence-electron chi connectivity index (χ2n) is 6.69. The van der Waals surface area contributed by atoms with Gasteiger partial charge in [-0.25, -0.2) is 18.7 Å². The fourth-order valence-electron chi connectivity index (χ4n) is 2.74. The Balaban J connectivity index is 1.51. The Hall–Kier alpha value is -3.29. The molecule has 0 fully saturated rings. The number of ether oxygens (including phenoxy) is 1. The average Bonchev–Trinajstić information content (AvgIpc) is 3.20. The highest BCUT2D eigenvalue weighted by Crippen LogP contribution is 2.24. The Labute approximate surface area is 173 Å². The van der Waals surface area contributed by atoms with Gasteiger partial charge in [0.1, 0.15) is 11.6 Å². The number of benzene rings is 1. The highest BCUT2D eigenvalue weighted by atomic mass is 19.1. The number of nitrogens with one attached hydrogen (secondary N) is 1. The van der Waals surface area contributed by atoms with Crippen LogP contribution in [0.5, 0.6) is 5.88 Å². The Morgan fingerprint density at radius 1 is 1.23 bits per heavy atom. The summed E-state index contributed by atoms with van der Waals surface area (Å²) in [7, 11) is 0. The molecule has 158 valence electrons. The monoisotopic (exact) mass is 415 g/mol. The predicted octanol–water partition coefficient (Wildman–Crippen LogP) is 4.44. The van der Waals surface area contributed by atoms with Crippen LogP contribution in [0.1, 0.15) is 37.6 Å². The van der Waals surface area contributed by atoms with Gasteiger partial charge in [0.15, 0.2) is 11.7 Å². The molecule has 0 saturated heterocycles. The number of carbonyl (C=O) groups is 1. The number of aryl methyl sites for hydroxylation is 1. The lowest BCUT2D eigenvalue weighted by molar-refractivity contribution is -0.121. The summed E-state index contributed by atoms with van der Waals surface area (Å²) in [5, 5.41) is 2.82. The van der Waals surface area contributed by atoms with Crippen LogP contribution in [-0.2, 0) is 17.8 Å². The molecule has 0 aliphatic carbocycles. The number of unbranched alkanes of at least 4 members (excludes halogenated alkanes) is 1. The number of rotatable bonds is 10. The zero-order chi connectivity index (χ0) is 21.3. The van der Waals surface area contributed by atoms with E-state index >= 15 is 0 Å². The first-order chi connectivity index (χ1) is 14.6. The lowest BCUT2D eigenvalue weighted by Crippen LogP contribution is -2.23. The minimum Gasteiger partial charge on any atom is -0.477 e. The van der Waals surface area contributed by atoms with Gasteiger partial charge in [-0.05, 0) is 24.6 Å². The molecule has 6 nitrogen and oxygen atoms in total. The summed E-state index contributed by atoms with van der Waals surface area (Å²) in [4.78, 5) is 20.5. The fourth-order valence-corrected chi connectivity index (χ4v) is 2.74. The maximum atomic E-state index is 13.8. The maximum Gasteiger partial charge on any atom is 0.220 e. The Bertz CT molecular complexity index is 991. The van der Waals surface area contributed by atoms with Crippen molar-refractivity contribution in [1.29, 1.82) is 0 Å². The van der Waals surface area contributed by atoms with Gasteiger partial charge in [0.2, 0.25) is 11.8 Å². The van der Waals surface area contributed by atoms with Crippen molar-refractivity contribution < 1.29 is 22.7 Å². The minimum absolute atomic E-state index is 0.117. The molecule has 0 radical (unpaired) electrons. The first-order valence-corrected chi connectivity index (χ1v) is 9.80. The molecule has 3 aromatic rings. The number of aromatic nitrogens is 2. The van der Waals surface area contributed by atoms with Crippen molar-refractivity contribution in [2.45, 2.75) is 39.2 Å². The van der Waals surface area contributed by atoms with E-state index in [2.05, 4.69) is 22.2 Å². The molecule has 30 heavy (non-hydrogen) atoms. The number of pyridine rings is 1. The van der Waals surface area contributed by atoms with Gasteiger partial charge in [-0.3, -0.25) is 4.79 Å². The molecule has 1 N–H and O–H groups in total. The summed E-state index contributed by atoms with van der Waals surface area (Å²) < 4.78 is 38.0. The Morgan fingerprint density at radius 3 is 2.90 bits per heavy atom. The third-order valence-electron chi connectivity index (χ3n) is 4.38. The molecule has 0 atom stereocenters. The third kappa shape index (κ3) is 5.85. The molecule has 1 aromatic carbocycles. The Morgan fingerprint density at radius 2 is 2.10 bits per heavy atom. The van der Waals surface area contributed by atoms with Gasteiger partial charge in [-0.2, -0.15) is 0 Å². The number of hydrogen-bond acceptors (Lipinski definition) is 5. The summed E-state index contributed by atoms with van der Waals surface area (Å²) in [5.41, 5.74) is 0.916. The van der Waals surface area contributed by atoms with E-state index in [-0.39, 0.29) is 30.1 Å². The van der Waals surface area contributed by atoms with Crippen LogP contribution in [0.3, 0.4) is 0 Å². The number of amides is 1. The van der Waals surface area contributed by atoms with E-state index in [0.717, 1.165) is 30.5 Å². The van der Waals surface area contributed by atoms with Crippen LogP contribution in [0.25, 0.3) is 11.3 Å². The van der Waals surface area contributed by atoms with Gasteiger partial charge in [0.25, 0.3) is 0 Å². The zero-order valence-electron chi connectivity index (χ0n) is 16.7. The number of nitrogens with zero attached hydrogens (tertiary/aromatic N) is 2. The van der Waals surface area contributed by atoms with Crippen LogP contribution in [-0.4, -0.2) is 22.5 Å². The summed E-state index contributed by atoms with van der Waals surface area (Å²) >= 11 is 0. The molecule has 2 heterocycles. The highest BCUT2D eigenvalue weighted by molar-refractivity contribution is 5.76. The van der Waals surface area contributed by atoms with Crippen molar-refractivity contribution in [3.63, 3.8) is 0 Å². The minimum atomic E-state index is -0.733. The van der Waals surface area contributed by atoms with E-state index in [9.17, 15) is 13.6 Å². The summed E-state index contributed by atoms with van der Waals surface area (Å²) in [6, 6.07) is 6.86. The van der Waals surface area contributed by atoms with Crippen molar-refractivity contribution in [1.82, 2.24) is 15.3 Å². The molecule has 0 aliphatic rings.